The van der Waals surface area contributed by atoms with Crippen molar-refractivity contribution < 1.29 is 9.84 Å². The Balaban J connectivity index is 0.000000606. The van der Waals surface area contributed by atoms with Gasteiger partial charge in [0.25, 0.3) is 0 Å². The molecule has 0 aromatic carbocycles. The molecule has 0 saturated heterocycles. The molecule has 0 bridgehead atoms. The van der Waals surface area contributed by atoms with Crippen molar-refractivity contribution in [3.05, 3.63) is 11.6 Å². The molecule has 0 spiro atoms. The summed E-state index contributed by atoms with van der Waals surface area (Å²) >= 11 is 0. The monoisotopic (exact) mass is 226 g/mol. The van der Waals surface area contributed by atoms with Gasteiger partial charge in [-0.15, -0.1) is 0 Å². The molecule has 2 unspecified atom stereocenters. The predicted octanol–water partition coefficient (Wildman–Crippen LogP) is 3.15. The zero-order chi connectivity index (χ0) is 12.1. The fourth-order valence-electron chi connectivity index (χ4n) is 2.61. The number of fused-ring (bicyclic) bond motifs is 1. The number of ether oxygens (including phenoxy) is 1. The lowest BCUT2D eigenvalue weighted by Gasteiger charge is -2.41. The van der Waals surface area contributed by atoms with Crippen LogP contribution in [0.2, 0.25) is 0 Å². The maximum atomic E-state index is 8.90. The van der Waals surface area contributed by atoms with Gasteiger partial charge in [-0.05, 0) is 32.1 Å². The zero-order valence-electron chi connectivity index (χ0n) is 11.1. The molecule has 1 fully saturated rings. The fraction of sp³-hybridized carbons (Fsp3) is 0.857. The first-order valence-electron chi connectivity index (χ1n) is 6.70. The van der Waals surface area contributed by atoms with Crippen molar-refractivity contribution in [2.24, 2.45) is 11.8 Å². The molecule has 1 N–H and O–H groups in total. The molecule has 2 aliphatic rings. The second-order valence-corrected chi connectivity index (χ2v) is 4.62. The SMILES string of the molecule is CC.CCC1=C[C@H]2C(OC(C)CO)C[C@H]2C1. The van der Waals surface area contributed by atoms with Gasteiger partial charge in [0, 0.05) is 5.92 Å². The van der Waals surface area contributed by atoms with E-state index < -0.39 is 0 Å². The van der Waals surface area contributed by atoms with E-state index in [4.69, 9.17) is 9.84 Å². The van der Waals surface area contributed by atoms with E-state index in [9.17, 15) is 0 Å². The highest BCUT2D eigenvalue weighted by Crippen LogP contribution is 2.48. The van der Waals surface area contributed by atoms with Gasteiger partial charge >= 0.3 is 0 Å². The summed E-state index contributed by atoms with van der Waals surface area (Å²) in [6.07, 6.45) is 6.45. The highest BCUT2D eigenvalue weighted by atomic mass is 16.5. The Bertz CT molecular complexity index is 235. The number of aliphatic hydroxyl groups is 1. The summed E-state index contributed by atoms with van der Waals surface area (Å²) in [4.78, 5) is 0. The summed E-state index contributed by atoms with van der Waals surface area (Å²) < 4.78 is 5.75. The molecule has 2 nitrogen and oxygen atoms in total. The topological polar surface area (TPSA) is 29.5 Å². The third-order valence-corrected chi connectivity index (χ3v) is 3.58. The first-order valence-corrected chi connectivity index (χ1v) is 6.70. The standard InChI is InChI=1S/C12H20O2.C2H6/c1-3-9-4-10-6-12(11(10)5-9)14-8(2)7-13;1-2/h5,8,10-13H,3-4,6-7H2,1-2H3;1-2H3/t8?,10-,11-,12?;/m1./s1. The minimum atomic E-state index is 0.0000246. The average Bonchev–Trinajstić information content (AvgIpc) is 2.65. The summed E-state index contributed by atoms with van der Waals surface area (Å²) in [5.74, 6) is 1.50. The first-order chi connectivity index (χ1) is 7.74. The van der Waals surface area contributed by atoms with Crippen molar-refractivity contribution in [2.75, 3.05) is 6.61 Å². The summed E-state index contributed by atoms with van der Waals surface area (Å²) in [5.41, 5.74) is 1.60. The molecule has 2 rings (SSSR count). The van der Waals surface area contributed by atoms with Crippen LogP contribution < -0.4 is 0 Å². The average molecular weight is 226 g/mol. The minimum Gasteiger partial charge on any atom is -0.394 e. The largest absolute Gasteiger partial charge is 0.394 e. The molecular formula is C14H26O2. The van der Waals surface area contributed by atoms with Crippen LogP contribution in [-0.2, 0) is 4.74 Å². The van der Waals surface area contributed by atoms with Crippen molar-refractivity contribution in [1.29, 1.82) is 0 Å². The molecule has 94 valence electrons. The molecule has 0 amide bonds. The zero-order valence-corrected chi connectivity index (χ0v) is 11.1. The van der Waals surface area contributed by atoms with Crippen LogP contribution in [-0.4, -0.2) is 23.9 Å². The van der Waals surface area contributed by atoms with Gasteiger partial charge in [-0.2, -0.15) is 0 Å². The lowest BCUT2D eigenvalue weighted by Crippen LogP contribution is -2.42. The molecule has 4 atom stereocenters. The maximum absolute atomic E-state index is 8.90. The van der Waals surface area contributed by atoms with E-state index in [0.717, 1.165) is 5.92 Å². The van der Waals surface area contributed by atoms with E-state index in [0.29, 0.717) is 12.0 Å². The molecule has 0 heterocycles. The number of hydrogen-bond acceptors (Lipinski definition) is 2. The predicted molar refractivity (Wildman–Crippen MR) is 67.4 cm³/mol. The normalized spacial score (nSPS) is 33.1. The molecule has 1 saturated carbocycles. The van der Waals surface area contributed by atoms with Crippen LogP contribution in [0.3, 0.4) is 0 Å². The fourth-order valence-corrected chi connectivity index (χ4v) is 2.61. The van der Waals surface area contributed by atoms with Gasteiger partial charge in [0.05, 0.1) is 18.8 Å². The van der Waals surface area contributed by atoms with Crippen LogP contribution in [0.25, 0.3) is 0 Å². The van der Waals surface area contributed by atoms with E-state index in [1.54, 1.807) is 5.57 Å². The van der Waals surface area contributed by atoms with Crippen LogP contribution in [0.1, 0.15) is 47.0 Å². The summed E-state index contributed by atoms with van der Waals surface area (Å²) in [5, 5.41) is 8.90. The molecule has 0 aromatic rings. The number of allylic oxidation sites excluding steroid dienone is 1. The molecular weight excluding hydrogens is 200 g/mol. The third-order valence-electron chi connectivity index (χ3n) is 3.58. The second-order valence-electron chi connectivity index (χ2n) is 4.62. The lowest BCUT2D eigenvalue weighted by molar-refractivity contribution is -0.107. The van der Waals surface area contributed by atoms with Crippen LogP contribution in [0.5, 0.6) is 0 Å². The van der Waals surface area contributed by atoms with Gasteiger partial charge in [-0.1, -0.05) is 32.4 Å². The van der Waals surface area contributed by atoms with Crippen LogP contribution >= 0.6 is 0 Å². The van der Waals surface area contributed by atoms with Gasteiger partial charge in [-0.3, -0.25) is 0 Å². The Hall–Kier alpha value is -0.340. The van der Waals surface area contributed by atoms with E-state index in [-0.39, 0.29) is 12.7 Å². The third kappa shape index (κ3) is 2.86. The highest BCUT2D eigenvalue weighted by molar-refractivity contribution is 5.19. The number of aliphatic hydroxyl groups excluding tert-OH is 1. The number of rotatable bonds is 4. The van der Waals surface area contributed by atoms with E-state index in [1.165, 1.54) is 19.3 Å². The molecule has 0 aliphatic heterocycles. The summed E-state index contributed by atoms with van der Waals surface area (Å²) in [7, 11) is 0. The Labute approximate surface area is 99.7 Å². The van der Waals surface area contributed by atoms with Crippen LogP contribution in [0.15, 0.2) is 11.6 Å². The maximum Gasteiger partial charge on any atom is 0.0781 e. The van der Waals surface area contributed by atoms with Crippen molar-refractivity contribution in [3.63, 3.8) is 0 Å². The van der Waals surface area contributed by atoms with Crippen molar-refractivity contribution in [3.8, 4) is 0 Å². The van der Waals surface area contributed by atoms with E-state index in [2.05, 4.69) is 13.0 Å². The van der Waals surface area contributed by atoms with E-state index >= 15 is 0 Å². The van der Waals surface area contributed by atoms with Gasteiger partial charge in [0.2, 0.25) is 0 Å². The van der Waals surface area contributed by atoms with Crippen molar-refractivity contribution >= 4 is 0 Å². The number of hydrogen-bond donors (Lipinski definition) is 1. The van der Waals surface area contributed by atoms with Gasteiger partial charge in [0.1, 0.15) is 0 Å². The Morgan fingerprint density at radius 3 is 2.75 bits per heavy atom. The molecule has 16 heavy (non-hydrogen) atoms. The Morgan fingerprint density at radius 2 is 2.19 bits per heavy atom. The van der Waals surface area contributed by atoms with Gasteiger partial charge in [0.15, 0.2) is 0 Å². The van der Waals surface area contributed by atoms with E-state index in [1.807, 2.05) is 20.8 Å². The summed E-state index contributed by atoms with van der Waals surface area (Å²) in [6.45, 7) is 8.30. The van der Waals surface area contributed by atoms with Gasteiger partial charge in [-0.25, -0.2) is 0 Å². The highest BCUT2D eigenvalue weighted by Gasteiger charge is 2.44. The second kappa shape index (κ2) is 6.41. The quantitative estimate of drug-likeness (QED) is 0.746. The minimum absolute atomic E-state index is 0.0000246. The Morgan fingerprint density at radius 1 is 1.50 bits per heavy atom. The molecule has 0 radical (unpaired) electrons. The van der Waals surface area contributed by atoms with Crippen LogP contribution in [0.4, 0.5) is 0 Å². The molecule has 2 heteroatoms. The summed E-state index contributed by atoms with van der Waals surface area (Å²) in [6, 6.07) is 0. The smallest absolute Gasteiger partial charge is 0.0781 e. The lowest BCUT2D eigenvalue weighted by atomic mass is 9.73. The van der Waals surface area contributed by atoms with Crippen LogP contribution in [0, 0.1) is 11.8 Å². The molecule has 2 aliphatic carbocycles. The van der Waals surface area contributed by atoms with Crippen molar-refractivity contribution in [2.45, 2.75) is 59.2 Å². The Kier molecular flexibility index (Phi) is 5.50. The van der Waals surface area contributed by atoms with Gasteiger partial charge < -0.3 is 9.84 Å². The molecule has 0 aromatic heterocycles. The first kappa shape index (κ1) is 13.7. The van der Waals surface area contributed by atoms with Crippen molar-refractivity contribution in [1.82, 2.24) is 0 Å².